The zero-order valence-electron chi connectivity index (χ0n) is 33.3. The summed E-state index contributed by atoms with van der Waals surface area (Å²) in [6.07, 6.45) is 0. The molecule has 0 N–H and O–H groups in total. The minimum absolute atomic E-state index is 0.475. The number of fused-ring (bicyclic) bond motifs is 6. The lowest BCUT2D eigenvalue weighted by Crippen LogP contribution is -2.28. The predicted octanol–water partition coefficient (Wildman–Crippen LogP) is 15.0. The Kier molecular flexibility index (Phi) is 8.11. The first-order chi connectivity index (χ1) is 30.3. The van der Waals surface area contributed by atoms with Crippen LogP contribution in [0.2, 0.25) is 0 Å². The summed E-state index contributed by atoms with van der Waals surface area (Å²) >= 11 is 0. The van der Waals surface area contributed by atoms with E-state index in [0.29, 0.717) is 5.82 Å². The van der Waals surface area contributed by atoms with Crippen molar-refractivity contribution in [2.24, 2.45) is 0 Å². The lowest BCUT2D eigenvalue weighted by Gasteiger charge is -2.34. The van der Waals surface area contributed by atoms with Crippen LogP contribution in [0.1, 0.15) is 22.3 Å². The van der Waals surface area contributed by atoms with Crippen molar-refractivity contribution in [2.75, 3.05) is 0 Å². The summed E-state index contributed by atoms with van der Waals surface area (Å²) in [6, 6.07) is 83.6. The second kappa shape index (κ2) is 14.1. The lowest BCUT2D eigenvalue weighted by atomic mass is 9.67. The summed E-state index contributed by atoms with van der Waals surface area (Å²) in [6.45, 7) is 0. The van der Waals surface area contributed by atoms with E-state index in [9.17, 15) is 0 Å². The third-order valence-electron chi connectivity index (χ3n) is 12.8. The van der Waals surface area contributed by atoms with E-state index < -0.39 is 5.41 Å². The van der Waals surface area contributed by atoms with Crippen LogP contribution in [0.15, 0.2) is 231 Å². The fraction of sp³-hybridized carbons (Fsp3) is 0.0169. The summed E-state index contributed by atoms with van der Waals surface area (Å²) in [5, 5.41) is 6.97. The Morgan fingerprint density at radius 3 is 1.39 bits per heavy atom. The molecule has 0 atom stereocenters. The highest BCUT2D eigenvalue weighted by molar-refractivity contribution is 6.06. The van der Waals surface area contributed by atoms with E-state index in [1.165, 1.54) is 60.7 Å². The number of hydrogen-bond donors (Lipinski definition) is 0. The molecule has 11 aromatic rings. The first-order valence-corrected chi connectivity index (χ1v) is 21.0. The summed E-state index contributed by atoms with van der Waals surface area (Å²) < 4.78 is 0. The molecule has 0 radical (unpaired) electrons. The highest BCUT2D eigenvalue weighted by Gasteiger charge is 2.46. The monoisotopic (exact) mass is 774 g/mol. The van der Waals surface area contributed by atoms with Gasteiger partial charge >= 0.3 is 0 Å². The van der Waals surface area contributed by atoms with Gasteiger partial charge in [0, 0.05) is 16.7 Å². The van der Waals surface area contributed by atoms with Gasteiger partial charge in [0.05, 0.1) is 16.8 Å². The highest BCUT2D eigenvalue weighted by atomic mass is 14.9. The Hall–Kier alpha value is -7.94. The molecule has 0 amide bonds. The van der Waals surface area contributed by atoms with Crippen LogP contribution < -0.4 is 0 Å². The summed E-state index contributed by atoms with van der Waals surface area (Å²) in [4.78, 5) is 10.8. The number of aromatic nitrogens is 2. The fourth-order valence-electron chi connectivity index (χ4n) is 10.1. The van der Waals surface area contributed by atoms with Gasteiger partial charge in [0.2, 0.25) is 0 Å². The Morgan fingerprint density at radius 2 is 0.721 bits per heavy atom. The zero-order valence-corrected chi connectivity index (χ0v) is 33.3. The molecule has 0 unspecified atom stereocenters. The highest BCUT2D eigenvalue weighted by Crippen LogP contribution is 2.57. The largest absolute Gasteiger partial charge is 0.228 e. The van der Waals surface area contributed by atoms with Crippen molar-refractivity contribution < 1.29 is 0 Å². The van der Waals surface area contributed by atoms with Crippen molar-refractivity contribution in [1.29, 1.82) is 0 Å². The molecule has 0 spiro atoms. The second-order valence-electron chi connectivity index (χ2n) is 16.0. The van der Waals surface area contributed by atoms with Crippen LogP contribution in [0, 0.1) is 0 Å². The van der Waals surface area contributed by atoms with E-state index in [0.717, 1.165) is 44.2 Å². The maximum atomic E-state index is 5.43. The van der Waals surface area contributed by atoms with E-state index in [4.69, 9.17) is 9.97 Å². The molecule has 0 saturated carbocycles. The van der Waals surface area contributed by atoms with E-state index >= 15 is 0 Å². The Bertz CT molecular complexity index is 3330. The quantitative estimate of drug-likeness (QED) is 0.168. The summed E-state index contributed by atoms with van der Waals surface area (Å²) in [7, 11) is 0. The third kappa shape index (κ3) is 5.50. The molecule has 2 nitrogen and oxygen atoms in total. The molecule has 12 rings (SSSR count). The molecule has 2 heteroatoms. The molecule has 0 fully saturated rings. The standard InChI is InChI=1S/C59H38N2/c1-3-21-42(22-4-1)59(43-23-5-2-6-24-43)54-32-14-13-29-49(54)50-34-33-41(37-55(50)59)46-35-36-52(48-28-12-11-27-47(46)48)57-38-56(51-30-15-19-39-17-7-9-25-44(39)51)60-58(61-57)53-31-16-20-40-18-8-10-26-45(40)53/h1-38H. The number of nitrogens with zero attached hydrogens (tertiary/aromatic N) is 2. The van der Waals surface area contributed by atoms with E-state index in [-0.39, 0.29) is 0 Å². The molecule has 0 aliphatic heterocycles. The van der Waals surface area contributed by atoms with Gasteiger partial charge in [-0.2, -0.15) is 0 Å². The third-order valence-corrected chi connectivity index (χ3v) is 12.8. The molecule has 61 heavy (non-hydrogen) atoms. The molecule has 284 valence electrons. The van der Waals surface area contributed by atoms with Gasteiger partial charge in [0.15, 0.2) is 5.82 Å². The number of benzene rings is 10. The molecule has 1 aliphatic carbocycles. The van der Waals surface area contributed by atoms with Crippen LogP contribution >= 0.6 is 0 Å². The SMILES string of the molecule is c1ccc(C2(c3ccccc3)c3ccccc3-c3ccc(-c4ccc(-c5cc(-c6cccc7ccccc67)nc(-c6cccc7ccccc67)n5)c5ccccc45)cc32)cc1. The van der Waals surface area contributed by atoms with Gasteiger partial charge in [-0.3, -0.25) is 0 Å². The van der Waals surface area contributed by atoms with E-state index in [1.807, 2.05) is 0 Å². The molecule has 1 heterocycles. The predicted molar refractivity (Wildman–Crippen MR) is 254 cm³/mol. The van der Waals surface area contributed by atoms with Crippen LogP contribution in [0.3, 0.4) is 0 Å². The van der Waals surface area contributed by atoms with Crippen LogP contribution in [0.25, 0.3) is 88.5 Å². The van der Waals surface area contributed by atoms with Gasteiger partial charge in [0.25, 0.3) is 0 Å². The second-order valence-corrected chi connectivity index (χ2v) is 16.0. The minimum Gasteiger partial charge on any atom is -0.228 e. The zero-order chi connectivity index (χ0) is 40.3. The molecule has 0 saturated heterocycles. The van der Waals surface area contributed by atoms with Gasteiger partial charge in [-0.15, -0.1) is 0 Å². The van der Waals surface area contributed by atoms with Gasteiger partial charge in [-0.1, -0.05) is 218 Å². The molecule has 1 aromatic heterocycles. The molecule has 1 aliphatic rings. The van der Waals surface area contributed by atoms with Gasteiger partial charge in [-0.05, 0) is 89.0 Å². The van der Waals surface area contributed by atoms with Crippen LogP contribution in [0.4, 0.5) is 0 Å². The fourth-order valence-corrected chi connectivity index (χ4v) is 10.1. The maximum absolute atomic E-state index is 5.43. The van der Waals surface area contributed by atoms with Crippen LogP contribution in [-0.2, 0) is 5.41 Å². The van der Waals surface area contributed by atoms with E-state index in [2.05, 4.69) is 231 Å². The average molecular weight is 775 g/mol. The van der Waals surface area contributed by atoms with Crippen molar-refractivity contribution in [3.63, 3.8) is 0 Å². The molecule has 0 bridgehead atoms. The first-order valence-electron chi connectivity index (χ1n) is 21.0. The summed E-state index contributed by atoms with van der Waals surface area (Å²) in [5.74, 6) is 0.710. The first kappa shape index (κ1) is 35.0. The number of hydrogen-bond acceptors (Lipinski definition) is 2. The van der Waals surface area contributed by atoms with Gasteiger partial charge < -0.3 is 0 Å². The van der Waals surface area contributed by atoms with Crippen LogP contribution in [-0.4, -0.2) is 9.97 Å². The van der Waals surface area contributed by atoms with Crippen molar-refractivity contribution >= 4 is 32.3 Å². The topological polar surface area (TPSA) is 25.8 Å². The van der Waals surface area contributed by atoms with Gasteiger partial charge in [0.1, 0.15) is 0 Å². The van der Waals surface area contributed by atoms with Crippen molar-refractivity contribution in [3.8, 4) is 56.2 Å². The maximum Gasteiger partial charge on any atom is 0.161 e. The Labute approximate surface area is 355 Å². The average Bonchev–Trinajstić information content (AvgIpc) is 3.64. The Balaban J connectivity index is 1.08. The lowest BCUT2D eigenvalue weighted by molar-refractivity contribution is 0.769. The minimum atomic E-state index is -0.475. The van der Waals surface area contributed by atoms with Crippen molar-refractivity contribution in [1.82, 2.24) is 9.97 Å². The van der Waals surface area contributed by atoms with Gasteiger partial charge in [-0.25, -0.2) is 9.97 Å². The van der Waals surface area contributed by atoms with Crippen molar-refractivity contribution in [2.45, 2.75) is 5.41 Å². The van der Waals surface area contributed by atoms with Crippen molar-refractivity contribution in [3.05, 3.63) is 253 Å². The number of rotatable bonds is 6. The molecule has 10 aromatic carbocycles. The molecular formula is C59H38N2. The smallest absolute Gasteiger partial charge is 0.161 e. The Morgan fingerprint density at radius 1 is 0.279 bits per heavy atom. The normalized spacial score (nSPS) is 12.7. The van der Waals surface area contributed by atoms with Crippen LogP contribution in [0.5, 0.6) is 0 Å². The molecular weight excluding hydrogens is 737 g/mol. The van der Waals surface area contributed by atoms with E-state index in [1.54, 1.807) is 0 Å². The summed E-state index contributed by atoms with van der Waals surface area (Å²) in [5.41, 5.74) is 14.5.